The predicted octanol–water partition coefficient (Wildman–Crippen LogP) is 2.58. The van der Waals surface area contributed by atoms with E-state index < -0.39 is 5.82 Å². The van der Waals surface area contributed by atoms with Gasteiger partial charge in [0.15, 0.2) is 5.75 Å². The molecule has 1 unspecified atom stereocenters. The third-order valence-corrected chi connectivity index (χ3v) is 3.17. The van der Waals surface area contributed by atoms with Crippen molar-refractivity contribution in [1.29, 1.82) is 0 Å². The Balaban J connectivity index is 2.57. The molecular formula is C11H11BrFNO2. The zero-order valence-electron chi connectivity index (χ0n) is 8.96. The summed E-state index contributed by atoms with van der Waals surface area (Å²) in [5.41, 5.74) is 0.459. The van der Waals surface area contributed by atoms with Crippen LogP contribution in [0.25, 0.3) is 0 Å². The van der Waals surface area contributed by atoms with Crippen molar-refractivity contribution in [3.63, 3.8) is 0 Å². The zero-order valence-corrected chi connectivity index (χ0v) is 10.5. The molecule has 0 fully saturated rings. The van der Waals surface area contributed by atoms with E-state index in [1.807, 2.05) is 0 Å². The lowest BCUT2D eigenvalue weighted by Crippen LogP contribution is -2.31. The van der Waals surface area contributed by atoms with Gasteiger partial charge in [-0.1, -0.05) is 6.92 Å². The van der Waals surface area contributed by atoms with Gasteiger partial charge in [-0.05, 0) is 22.0 Å². The lowest BCUT2D eigenvalue weighted by Gasteiger charge is -2.18. The summed E-state index contributed by atoms with van der Waals surface area (Å²) in [6, 6.07) is 2.63. The second-order valence-electron chi connectivity index (χ2n) is 3.85. The molecule has 0 bridgehead atoms. The van der Waals surface area contributed by atoms with Gasteiger partial charge in [0.1, 0.15) is 5.82 Å². The van der Waals surface area contributed by atoms with Crippen LogP contribution in [0.1, 0.15) is 6.92 Å². The lowest BCUT2D eigenvalue weighted by molar-refractivity contribution is -0.122. The fourth-order valence-electron chi connectivity index (χ4n) is 1.67. The third kappa shape index (κ3) is 1.80. The molecule has 5 heteroatoms. The summed E-state index contributed by atoms with van der Waals surface area (Å²) < 4.78 is 19.3. The van der Waals surface area contributed by atoms with Crippen LogP contribution in [-0.2, 0) is 4.79 Å². The monoisotopic (exact) mass is 287 g/mol. The third-order valence-electron chi connectivity index (χ3n) is 2.58. The van der Waals surface area contributed by atoms with E-state index in [9.17, 15) is 9.18 Å². The molecule has 0 saturated carbocycles. The molecule has 1 aromatic carbocycles. The van der Waals surface area contributed by atoms with Gasteiger partial charge in [0.05, 0.1) is 22.7 Å². The topological polar surface area (TPSA) is 29.5 Å². The molecule has 0 aromatic heterocycles. The summed E-state index contributed by atoms with van der Waals surface area (Å²) in [6.45, 7) is 2.09. The molecule has 0 N–H and O–H groups in total. The number of carbonyl (C=O) groups is 1. The van der Waals surface area contributed by atoms with Gasteiger partial charge in [0, 0.05) is 13.1 Å². The molecule has 0 aliphatic carbocycles. The fourth-order valence-corrected chi connectivity index (χ4v) is 2.20. The highest BCUT2D eigenvalue weighted by Gasteiger charge is 2.27. The van der Waals surface area contributed by atoms with E-state index >= 15 is 0 Å². The molecule has 1 aliphatic heterocycles. The molecule has 2 rings (SSSR count). The average molecular weight is 288 g/mol. The Hall–Kier alpha value is -1.10. The summed E-state index contributed by atoms with van der Waals surface area (Å²) in [4.78, 5) is 13.3. The quantitative estimate of drug-likeness (QED) is 0.734. The van der Waals surface area contributed by atoms with Crippen LogP contribution in [-0.4, -0.2) is 19.6 Å². The van der Waals surface area contributed by atoms with E-state index in [0.29, 0.717) is 22.5 Å². The number of rotatable bonds is 0. The maximum absolute atomic E-state index is 13.3. The lowest BCUT2D eigenvalue weighted by atomic mass is 10.1. The normalized spacial score (nSPS) is 20.1. The standard InChI is InChI=1S/C11H11BrFNO2/c1-6-5-16-10-8(12)3-7(13)4-9(10)14(2)11(6)15/h3-4,6H,5H2,1-2H3. The minimum atomic E-state index is -0.400. The molecule has 0 saturated heterocycles. The van der Waals surface area contributed by atoms with E-state index in [1.54, 1.807) is 14.0 Å². The van der Waals surface area contributed by atoms with Gasteiger partial charge in [-0.25, -0.2) is 4.39 Å². The average Bonchev–Trinajstić information content (AvgIpc) is 2.32. The molecule has 3 nitrogen and oxygen atoms in total. The van der Waals surface area contributed by atoms with Gasteiger partial charge in [-0.2, -0.15) is 0 Å². The second kappa shape index (κ2) is 4.05. The van der Waals surface area contributed by atoms with Crippen molar-refractivity contribution in [3.05, 3.63) is 22.4 Å². The number of halogens is 2. The second-order valence-corrected chi connectivity index (χ2v) is 4.70. The van der Waals surface area contributed by atoms with Crippen LogP contribution in [0.4, 0.5) is 10.1 Å². The first-order valence-electron chi connectivity index (χ1n) is 4.90. The number of amides is 1. The maximum Gasteiger partial charge on any atom is 0.233 e. The van der Waals surface area contributed by atoms with Crippen LogP contribution in [0.5, 0.6) is 5.75 Å². The smallest absolute Gasteiger partial charge is 0.233 e. The van der Waals surface area contributed by atoms with Crippen LogP contribution in [0.2, 0.25) is 0 Å². The van der Waals surface area contributed by atoms with Crippen LogP contribution in [0, 0.1) is 11.7 Å². The molecule has 86 valence electrons. The van der Waals surface area contributed by atoms with Crippen molar-refractivity contribution >= 4 is 27.5 Å². The highest BCUT2D eigenvalue weighted by Crippen LogP contribution is 2.38. The number of anilines is 1. The van der Waals surface area contributed by atoms with Crippen molar-refractivity contribution < 1.29 is 13.9 Å². The van der Waals surface area contributed by atoms with E-state index in [0.717, 1.165) is 0 Å². The Morgan fingerprint density at radius 2 is 2.25 bits per heavy atom. The van der Waals surface area contributed by atoms with Crippen molar-refractivity contribution in [2.75, 3.05) is 18.6 Å². The van der Waals surface area contributed by atoms with E-state index in [4.69, 9.17) is 4.74 Å². The Bertz CT molecular complexity index is 450. The van der Waals surface area contributed by atoms with Crippen molar-refractivity contribution in [3.8, 4) is 5.75 Å². The largest absolute Gasteiger partial charge is 0.489 e. The summed E-state index contributed by atoms with van der Waals surface area (Å²) in [5.74, 6) is -0.186. The summed E-state index contributed by atoms with van der Waals surface area (Å²) in [5, 5.41) is 0. The van der Waals surface area contributed by atoms with Gasteiger partial charge in [0.25, 0.3) is 0 Å². The van der Waals surface area contributed by atoms with Crippen LogP contribution < -0.4 is 9.64 Å². The number of nitrogens with zero attached hydrogens (tertiary/aromatic N) is 1. The predicted molar refractivity (Wildman–Crippen MR) is 62.2 cm³/mol. The molecule has 1 amide bonds. The first-order valence-corrected chi connectivity index (χ1v) is 5.69. The first kappa shape index (κ1) is 11.4. The summed E-state index contributed by atoms with van der Waals surface area (Å²) in [7, 11) is 1.62. The number of fused-ring (bicyclic) bond motifs is 1. The van der Waals surface area contributed by atoms with E-state index in [1.165, 1.54) is 17.0 Å². The highest BCUT2D eigenvalue weighted by molar-refractivity contribution is 9.10. The van der Waals surface area contributed by atoms with E-state index in [-0.39, 0.29) is 11.8 Å². The minimum Gasteiger partial charge on any atom is -0.489 e. The Morgan fingerprint density at radius 3 is 2.94 bits per heavy atom. The Labute approximate surface area is 101 Å². The Kier molecular flexibility index (Phi) is 2.88. The van der Waals surface area contributed by atoms with Crippen LogP contribution in [0.3, 0.4) is 0 Å². The molecule has 1 atom stereocenters. The van der Waals surface area contributed by atoms with Crippen LogP contribution >= 0.6 is 15.9 Å². The van der Waals surface area contributed by atoms with Crippen LogP contribution in [0.15, 0.2) is 16.6 Å². The molecule has 1 aliphatic rings. The maximum atomic E-state index is 13.3. The summed E-state index contributed by atoms with van der Waals surface area (Å²) in [6.07, 6.45) is 0. The fraction of sp³-hybridized carbons (Fsp3) is 0.364. The molecule has 0 radical (unpaired) electrons. The molecular weight excluding hydrogens is 277 g/mol. The Morgan fingerprint density at radius 1 is 1.56 bits per heavy atom. The van der Waals surface area contributed by atoms with Crippen molar-refractivity contribution in [2.45, 2.75) is 6.92 Å². The minimum absolute atomic E-state index is 0.0729. The SMILES string of the molecule is CC1COc2c(Br)cc(F)cc2N(C)C1=O. The van der Waals surface area contributed by atoms with E-state index in [2.05, 4.69) is 15.9 Å². The van der Waals surface area contributed by atoms with Gasteiger partial charge in [-0.15, -0.1) is 0 Å². The first-order chi connectivity index (χ1) is 7.50. The molecule has 1 aromatic rings. The van der Waals surface area contributed by atoms with Gasteiger partial charge < -0.3 is 9.64 Å². The molecule has 0 spiro atoms. The number of hydrogen-bond acceptors (Lipinski definition) is 2. The van der Waals surface area contributed by atoms with Gasteiger partial charge >= 0.3 is 0 Å². The molecule has 1 heterocycles. The number of hydrogen-bond donors (Lipinski definition) is 0. The van der Waals surface area contributed by atoms with Crippen molar-refractivity contribution in [2.24, 2.45) is 5.92 Å². The highest BCUT2D eigenvalue weighted by atomic mass is 79.9. The summed E-state index contributed by atoms with van der Waals surface area (Å²) >= 11 is 3.23. The number of benzene rings is 1. The van der Waals surface area contributed by atoms with Crippen molar-refractivity contribution in [1.82, 2.24) is 0 Å². The van der Waals surface area contributed by atoms with Gasteiger partial charge in [-0.3, -0.25) is 4.79 Å². The number of ether oxygens (including phenoxy) is 1. The van der Waals surface area contributed by atoms with Gasteiger partial charge in [0.2, 0.25) is 5.91 Å². The zero-order chi connectivity index (χ0) is 11.9. The number of carbonyl (C=O) groups excluding carboxylic acids is 1. The molecule has 16 heavy (non-hydrogen) atoms.